The third-order valence-electron chi connectivity index (χ3n) is 7.10. The molecule has 1 aliphatic heterocycles. The number of hydrogen-bond acceptors (Lipinski definition) is 5. The molecule has 1 amide bonds. The van der Waals surface area contributed by atoms with Crippen LogP contribution in [-0.2, 0) is 26.3 Å². The third kappa shape index (κ3) is 4.63. The van der Waals surface area contributed by atoms with Crippen molar-refractivity contribution in [3.8, 4) is 11.5 Å². The Morgan fingerprint density at radius 3 is 2.62 bits per heavy atom. The van der Waals surface area contributed by atoms with E-state index in [1.165, 1.54) is 17.7 Å². The second-order valence-electron chi connectivity index (χ2n) is 9.07. The van der Waals surface area contributed by atoms with E-state index >= 15 is 0 Å². The summed E-state index contributed by atoms with van der Waals surface area (Å²) in [5.41, 5.74) is 4.31. The maximum atomic E-state index is 13.2. The number of hydrogen-bond donors (Lipinski definition) is 0. The van der Waals surface area contributed by atoms with Gasteiger partial charge in [0.1, 0.15) is 0 Å². The molecule has 2 aliphatic rings. The Morgan fingerprint density at radius 1 is 1.16 bits per heavy atom. The molecule has 174 valence electrons. The van der Waals surface area contributed by atoms with Crippen LogP contribution in [0.3, 0.4) is 0 Å². The van der Waals surface area contributed by atoms with E-state index in [1.807, 2.05) is 22.7 Å². The summed E-state index contributed by atoms with van der Waals surface area (Å²) in [6.45, 7) is 2.67. The van der Waals surface area contributed by atoms with E-state index < -0.39 is 0 Å². The first-order chi connectivity index (χ1) is 15.5. The number of rotatable bonds is 7. The minimum Gasteiger partial charge on any atom is -0.493 e. The standard InChI is InChI=1S/C25H36N4O3/c1-27(15-12-18-8-11-22(31-3)23(16-18)32-4)19-9-10-21-20(17-19)24(26-28(21)2)25(30)29-13-6-5-7-14-29/h8,11,16,19H,5-7,9-10,12-15,17H2,1-4H3. The molecule has 1 aliphatic carbocycles. The molecule has 0 spiro atoms. The molecule has 4 rings (SSSR count). The molecule has 1 fully saturated rings. The van der Waals surface area contributed by atoms with Gasteiger partial charge in [-0.2, -0.15) is 5.10 Å². The summed E-state index contributed by atoms with van der Waals surface area (Å²) in [5, 5.41) is 4.67. The Balaban J connectivity index is 1.43. The van der Waals surface area contributed by atoms with Crippen LogP contribution in [0.5, 0.6) is 11.5 Å². The van der Waals surface area contributed by atoms with E-state index in [-0.39, 0.29) is 5.91 Å². The molecule has 1 aromatic carbocycles. The number of amides is 1. The van der Waals surface area contributed by atoms with Crippen LogP contribution in [0.1, 0.15) is 53.0 Å². The Bertz CT molecular complexity index is 949. The zero-order valence-corrected chi connectivity index (χ0v) is 19.9. The Morgan fingerprint density at radius 2 is 1.91 bits per heavy atom. The van der Waals surface area contributed by atoms with Gasteiger partial charge in [-0.3, -0.25) is 9.48 Å². The molecule has 1 atom stereocenters. The average Bonchev–Trinajstić information content (AvgIpc) is 3.18. The van der Waals surface area contributed by atoms with Crippen molar-refractivity contribution in [3.63, 3.8) is 0 Å². The van der Waals surface area contributed by atoms with Crippen LogP contribution in [0.25, 0.3) is 0 Å². The molecule has 32 heavy (non-hydrogen) atoms. The first-order valence-electron chi connectivity index (χ1n) is 11.8. The zero-order valence-electron chi connectivity index (χ0n) is 19.9. The lowest BCUT2D eigenvalue weighted by Crippen LogP contribution is -2.39. The fourth-order valence-electron chi connectivity index (χ4n) is 5.09. The summed E-state index contributed by atoms with van der Waals surface area (Å²) < 4.78 is 12.7. The van der Waals surface area contributed by atoms with Crippen LogP contribution in [0.4, 0.5) is 0 Å². The van der Waals surface area contributed by atoms with Crippen LogP contribution in [0.15, 0.2) is 18.2 Å². The number of benzene rings is 1. The van der Waals surface area contributed by atoms with E-state index in [9.17, 15) is 4.79 Å². The predicted octanol–water partition coefficient (Wildman–Crippen LogP) is 3.10. The van der Waals surface area contributed by atoms with Gasteiger partial charge in [-0.15, -0.1) is 0 Å². The highest BCUT2D eigenvalue weighted by Crippen LogP contribution is 2.30. The molecule has 2 heterocycles. The summed E-state index contributed by atoms with van der Waals surface area (Å²) in [7, 11) is 7.50. The van der Waals surface area contributed by atoms with Gasteiger partial charge in [-0.25, -0.2) is 0 Å². The van der Waals surface area contributed by atoms with Crippen molar-refractivity contribution >= 4 is 5.91 Å². The first-order valence-corrected chi connectivity index (χ1v) is 11.8. The van der Waals surface area contributed by atoms with Crippen molar-refractivity contribution in [2.24, 2.45) is 7.05 Å². The van der Waals surface area contributed by atoms with Crippen molar-refractivity contribution in [3.05, 3.63) is 40.7 Å². The smallest absolute Gasteiger partial charge is 0.274 e. The number of carbonyl (C=O) groups excluding carboxylic acids is 1. The van der Waals surface area contributed by atoms with E-state index in [2.05, 4.69) is 29.2 Å². The van der Waals surface area contributed by atoms with Gasteiger partial charge in [0, 0.05) is 44.0 Å². The van der Waals surface area contributed by atoms with Crippen molar-refractivity contribution in [1.82, 2.24) is 19.6 Å². The predicted molar refractivity (Wildman–Crippen MR) is 125 cm³/mol. The number of methoxy groups -OCH3 is 2. The minimum atomic E-state index is 0.121. The van der Waals surface area contributed by atoms with Gasteiger partial charge in [-0.1, -0.05) is 6.07 Å². The second kappa shape index (κ2) is 9.94. The summed E-state index contributed by atoms with van der Waals surface area (Å²) in [5.74, 6) is 1.65. The van der Waals surface area contributed by atoms with Crippen molar-refractivity contribution in [1.29, 1.82) is 0 Å². The third-order valence-corrected chi connectivity index (χ3v) is 7.10. The van der Waals surface area contributed by atoms with Gasteiger partial charge in [-0.05, 0) is 69.7 Å². The monoisotopic (exact) mass is 440 g/mol. The molecule has 1 unspecified atom stereocenters. The van der Waals surface area contributed by atoms with Gasteiger partial charge in [0.15, 0.2) is 17.2 Å². The summed E-state index contributed by atoms with van der Waals surface area (Å²) in [6, 6.07) is 6.54. The normalized spacial score (nSPS) is 18.5. The SMILES string of the molecule is COc1ccc(CCN(C)C2CCc3c(c(C(=O)N4CCCCC4)nn3C)C2)cc1OC. The van der Waals surface area contributed by atoms with E-state index in [0.717, 1.165) is 75.2 Å². The minimum absolute atomic E-state index is 0.121. The summed E-state index contributed by atoms with van der Waals surface area (Å²) in [6.07, 6.45) is 7.30. The van der Waals surface area contributed by atoms with Crippen LogP contribution in [0, 0.1) is 0 Å². The lowest BCUT2D eigenvalue weighted by atomic mass is 9.90. The van der Waals surface area contributed by atoms with E-state index in [4.69, 9.17) is 9.47 Å². The fraction of sp³-hybridized carbons (Fsp3) is 0.600. The molecule has 0 saturated carbocycles. The number of likely N-dealkylation sites (tertiary alicyclic amines) is 1. The zero-order chi connectivity index (χ0) is 22.7. The lowest BCUT2D eigenvalue weighted by Gasteiger charge is -2.32. The Kier molecular flexibility index (Phi) is 7.04. The van der Waals surface area contributed by atoms with Gasteiger partial charge < -0.3 is 19.3 Å². The molecule has 1 aromatic heterocycles. The van der Waals surface area contributed by atoms with Gasteiger partial charge in [0.25, 0.3) is 5.91 Å². The number of ether oxygens (including phenoxy) is 2. The number of carbonyl (C=O) groups is 1. The second-order valence-corrected chi connectivity index (χ2v) is 9.07. The Labute approximate surface area is 191 Å². The fourth-order valence-corrected chi connectivity index (χ4v) is 5.09. The molecule has 2 aromatic rings. The van der Waals surface area contributed by atoms with E-state index in [0.29, 0.717) is 11.7 Å². The highest BCUT2D eigenvalue weighted by Gasteiger charge is 2.32. The van der Waals surface area contributed by atoms with Crippen molar-refractivity contribution in [2.75, 3.05) is 40.9 Å². The summed E-state index contributed by atoms with van der Waals surface area (Å²) >= 11 is 0. The molecule has 0 bridgehead atoms. The number of fused-ring (bicyclic) bond motifs is 1. The number of aryl methyl sites for hydroxylation is 1. The quantitative estimate of drug-likeness (QED) is 0.662. The van der Waals surface area contributed by atoms with Crippen LogP contribution >= 0.6 is 0 Å². The topological polar surface area (TPSA) is 59.8 Å². The van der Waals surface area contributed by atoms with Gasteiger partial charge in [0.05, 0.1) is 14.2 Å². The van der Waals surface area contributed by atoms with Gasteiger partial charge >= 0.3 is 0 Å². The maximum Gasteiger partial charge on any atom is 0.274 e. The highest BCUT2D eigenvalue weighted by molar-refractivity contribution is 5.94. The van der Waals surface area contributed by atoms with Crippen LogP contribution in [0.2, 0.25) is 0 Å². The van der Waals surface area contributed by atoms with Crippen molar-refractivity contribution < 1.29 is 14.3 Å². The molecule has 0 N–H and O–H groups in total. The molecule has 0 radical (unpaired) electrons. The summed E-state index contributed by atoms with van der Waals surface area (Å²) in [4.78, 5) is 17.6. The molecular formula is C25H36N4O3. The molecular weight excluding hydrogens is 404 g/mol. The van der Waals surface area contributed by atoms with Crippen LogP contribution < -0.4 is 9.47 Å². The molecule has 1 saturated heterocycles. The number of likely N-dealkylation sites (N-methyl/N-ethyl adjacent to an activating group) is 1. The highest BCUT2D eigenvalue weighted by atomic mass is 16.5. The molecule has 7 nitrogen and oxygen atoms in total. The number of aromatic nitrogens is 2. The molecule has 7 heteroatoms. The average molecular weight is 441 g/mol. The maximum absolute atomic E-state index is 13.2. The van der Waals surface area contributed by atoms with Crippen LogP contribution in [-0.4, -0.2) is 72.4 Å². The lowest BCUT2D eigenvalue weighted by molar-refractivity contribution is 0.0715. The van der Waals surface area contributed by atoms with E-state index in [1.54, 1.807) is 14.2 Å². The largest absolute Gasteiger partial charge is 0.493 e. The van der Waals surface area contributed by atoms with Crippen molar-refractivity contribution in [2.45, 2.75) is 51.0 Å². The Hall–Kier alpha value is -2.54. The first kappa shape index (κ1) is 22.6. The van der Waals surface area contributed by atoms with Gasteiger partial charge in [0.2, 0.25) is 0 Å². The number of piperidine rings is 1. The number of nitrogens with zero attached hydrogens (tertiary/aromatic N) is 4.